The summed E-state index contributed by atoms with van der Waals surface area (Å²) in [7, 11) is 0. The average molecular weight is 537 g/mol. The lowest BCUT2D eigenvalue weighted by Crippen LogP contribution is -1.91. The van der Waals surface area contributed by atoms with E-state index in [4.69, 9.17) is 8.83 Å². The van der Waals surface area contributed by atoms with Gasteiger partial charge in [-0.25, -0.2) is 0 Å². The van der Waals surface area contributed by atoms with Gasteiger partial charge in [-0.05, 0) is 73.1 Å². The first-order valence-corrected chi connectivity index (χ1v) is 14.3. The van der Waals surface area contributed by atoms with E-state index in [0.717, 1.165) is 38.5 Å². The van der Waals surface area contributed by atoms with Crippen molar-refractivity contribution in [2.24, 2.45) is 0 Å². The Morgan fingerprint density at radius 3 is 1.62 bits per heavy atom. The summed E-state index contributed by atoms with van der Waals surface area (Å²) in [4.78, 5) is 0. The Morgan fingerprint density at radius 1 is 0.381 bits per heavy atom. The van der Waals surface area contributed by atoms with Crippen LogP contribution in [0.2, 0.25) is 0 Å². The summed E-state index contributed by atoms with van der Waals surface area (Å²) in [5.74, 6) is 0. The number of para-hydroxylation sites is 1. The summed E-state index contributed by atoms with van der Waals surface area (Å²) in [5.41, 5.74) is 9.77. The van der Waals surface area contributed by atoms with Crippen LogP contribution in [0.1, 0.15) is 0 Å². The van der Waals surface area contributed by atoms with Crippen molar-refractivity contribution in [2.45, 2.75) is 0 Å². The Hall–Kier alpha value is -5.60. The van der Waals surface area contributed by atoms with Crippen LogP contribution in [0.15, 0.2) is 155 Å². The summed E-state index contributed by atoms with van der Waals surface area (Å²) in [5, 5.41) is 8.08. The Balaban J connectivity index is 1.39. The third-order valence-corrected chi connectivity index (χ3v) is 8.56. The smallest absolute Gasteiger partial charge is 0.147 e. The molecule has 7 aromatic carbocycles. The third-order valence-electron chi connectivity index (χ3n) is 8.56. The molecule has 2 aromatic heterocycles. The Labute approximate surface area is 242 Å². The minimum Gasteiger partial charge on any atom is -0.464 e. The molecule has 42 heavy (non-hydrogen) atoms. The minimum atomic E-state index is 0.824. The van der Waals surface area contributed by atoms with Crippen LogP contribution < -0.4 is 0 Å². The second kappa shape index (κ2) is 8.95. The molecule has 2 heterocycles. The molecule has 0 fully saturated rings. The molecule has 0 spiro atoms. The van der Waals surface area contributed by atoms with Gasteiger partial charge in [-0.2, -0.15) is 0 Å². The normalized spacial score (nSPS) is 11.8. The van der Waals surface area contributed by atoms with Crippen LogP contribution in [0.25, 0.3) is 87.8 Å². The second-order valence-electron chi connectivity index (χ2n) is 10.8. The van der Waals surface area contributed by atoms with Gasteiger partial charge in [0, 0.05) is 10.8 Å². The van der Waals surface area contributed by atoms with Crippen LogP contribution in [-0.2, 0) is 0 Å². The highest BCUT2D eigenvalue weighted by molar-refractivity contribution is 6.28. The number of furan rings is 2. The van der Waals surface area contributed by atoms with Crippen LogP contribution in [-0.4, -0.2) is 0 Å². The lowest BCUT2D eigenvalue weighted by molar-refractivity contribution is 0.615. The summed E-state index contributed by atoms with van der Waals surface area (Å²) < 4.78 is 12.5. The molecule has 2 nitrogen and oxygen atoms in total. The van der Waals surface area contributed by atoms with Crippen molar-refractivity contribution < 1.29 is 8.83 Å². The van der Waals surface area contributed by atoms with Crippen molar-refractivity contribution in [2.75, 3.05) is 0 Å². The van der Waals surface area contributed by atoms with E-state index in [-0.39, 0.29) is 0 Å². The quantitative estimate of drug-likeness (QED) is 0.210. The molecule has 9 aromatic rings. The number of rotatable bonds is 3. The fourth-order valence-corrected chi connectivity index (χ4v) is 6.71. The first-order valence-electron chi connectivity index (χ1n) is 14.3. The molecule has 0 N–H and O–H groups in total. The maximum absolute atomic E-state index is 6.49. The molecule has 9 rings (SSSR count). The summed E-state index contributed by atoms with van der Waals surface area (Å²) in [6.45, 7) is 0. The highest BCUT2D eigenvalue weighted by Crippen LogP contribution is 2.48. The highest BCUT2D eigenvalue weighted by atomic mass is 16.3. The van der Waals surface area contributed by atoms with Crippen molar-refractivity contribution in [3.8, 4) is 33.4 Å². The van der Waals surface area contributed by atoms with E-state index in [1.165, 1.54) is 49.4 Å². The Morgan fingerprint density at radius 2 is 0.929 bits per heavy atom. The van der Waals surface area contributed by atoms with Crippen LogP contribution >= 0.6 is 0 Å². The molecule has 0 amide bonds. The van der Waals surface area contributed by atoms with Crippen LogP contribution in [0.3, 0.4) is 0 Å². The predicted molar refractivity (Wildman–Crippen MR) is 175 cm³/mol. The van der Waals surface area contributed by atoms with E-state index in [2.05, 4.69) is 121 Å². The number of benzene rings is 7. The van der Waals surface area contributed by atoms with E-state index in [0.29, 0.717) is 0 Å². The first-order chi connectivity index (χ1) is 20.8. The molecule has 196 valence electrons. The molecule has 2 heteroatoms. The van der Waals surface area contributed by atoms with E-state index in [1.807, 2.05) is 18.2 Å². The van der Waals surface area contributed by atoms with Crippen molar-refractivity contribution in [3.63, 3.8) is 0 Å². The van der Waals surface area contributed by atoms with Gasteiger partial charge in [0.15, 0.2) is 0 Å². The molecule has 0 aliphatic heterocycles. The molecule has 0 bridgehead atoms. The van der Waals surface area contributed by atoms with Gasteiger partial charge >= 0.3 is 0 Å². The standard InChI is InChI=1S/C40H24O2/c1-2-10-25(11-3-1)26-18-20-27(21-19-26)37-28-12-4-6-14-30(28)38(31-15-7-5-13-29(31)37)34-24-36-33(22-23-41-36)40-39(34)32-16-8-9-17-35(32)42-40/h1-24H. The van der Waals surface area contributed by atoms with Gasteiger partial charge < -0.3 is 8.83 Å². The monoisotopic (exact) mass is 536 g/mol. The molecule has 0 aliphatic carbocycles. The first kappa shape index (κ1) is 23.1. The third kappa shape index (κ3) is 3.33. The van der Waals surface area contributed by atoms with Gasteiger partial charge in [0.25, 0.3) is 0 Å². The lowest BCUT2D eigenvalue weighted by Gasteiger charge is -2.18. The zero-order valence-electron chi connectivity index (χ0n) is 22.7. The minimum absolute atomic E-state index is 0.824. The topological polar surface area (TPSA) is 26.3 Å². The molecular formula is C40H24O2. The maximum atomic E-state index is 6.49. The Kier molecular flexibility index (Phi) is 4.93. The number of fused-ring (bicyclic) bond motifs is 7. The van der Waals surface area contributed by atoms with E-state index in [9.17, 15) is 0 Å². The second-order valence-corrected chi connectivity index (χ2v) is 10.8. The molecule has 0 saturated heterocycles. The van der Waals surface area contributed by atoms with Crippen LogP contribution in [0.4, 0.5) is 0 Å². The van der Waals surface area contributed by atoms with Crippen molar-refractivity contribution in [1.29, 1.82) is 0 Å². The van der Waals surface area contributed by atoms with Crippen molar-refractivity contribution in [3.05, 3.63) is 146 Å². The van der Waals surface area contributed by atoms with Gasteiger partial charge in [-0.15, -0.1) is 0 Å². The zero-order chi connectivity index (χ0) is 27.6. The van der Waals surface area contributed by atoms with Crippen LogP contribution in [0.5, 0.6) is 0 Å². The summed E-state index contributed by atoms with van der Waals surface area (Å²) in [6, 6.07) is 49.6. The van der Waals surface area contributed by atoms with Crippen molar-refractivity contribution >= 4 is 54.5 Å². The lowest BCUT2D eigenvalue weighted by atomic mass is 9.84. The van der Waals surface area contributed by atoms with E-state index < -0.39 is 0 Å². The number of hydrogen-bond donors (Lipinski definition) is 0. The fraction of sp³-hybridized carbons (Fsp3) is 0. The van der Waals surface area contributed by atoms with Gasteiger partial charge in [-0.3, -0.25) is 0 Å². The van der Waals surface area contributed by atoms with Crippen molar-refractivity contribution in [1.82, 2.24) is 0 Å². The molecular weight excluding hydrogens is 512 g/mol. The van der Waals surface area contributed by atoms with E-state index in [1.54, 1.807) is 6.26 Å². The predicted octanol–water partition coefficient (Wildman–Crippen LogP) is 11.6. The molecule has 0 radical (unpaired) electrons. The molecule has 0 aliphatic rings. The summed E-state index contributed by atoms with van der Waals surface area (Å²) >= 11 is 0. The largest absolute Gasteiger partial charge is 0.464 e. The molecule has 0 unspecified atom stereocenters. The van der Waals surface area contributed by atoms with Gasteiger partial charge in [-0.1, -0.05) is 121 Å². The SMILES string of the molecule is c1ccc(-c2ccc(-c3c4ccccc4c(-c4cc5occc5c5oc6ccccc6c45)c4ccccc34)cc2)cc1. The number of hydrogen-bond acceptors (Lipinski definition) is 2. The Bertz CT molecular complexity index is 2380. The van der Waals surface area contributed by atoms with E-state index >= 15 is 0 Å². The van der Waals surface area contributed by atoms with Crippen LogP contribution in [0, 0.1) is 0 Å². The van der Waals surface area contributed by atoms with Gasteiger partial charge in [0.2, 0.25) is 0 Å². The maximum Gasteiger partial charge on any atom is 0.147 e. The molecule has 0 saturated carbocycles. The zero-order valence-corrected chi connectivity index (χ0v) is 22.7. The summed E-state index contributed by atoms with van der Waals surface area (Å²) in [6.07, 6.45) is 1.75. The average Bonchev–Trinajstić information content (AvgIpc) is 3.69. The van der Waals surface area contributed by atoms with Gasteiger partial charge in [0.1, 0.15) is 16.7 Å². The van der Waals surface area contributed by atoms with Gasteiger partial charge in [0.05, 0.1) is 11.6 Å². The fourth-order valence-electron chi connectivity index (χ4n) is 6.71. The highest BCUT2D eigenvalue weighted by Gasteiger charge is 2.22. The molecule has 0 atom stereocenters.